The molecule has 0 aliphatic carbocycles. The molecule has 2 rings (SSSR count). The fourth-order valence-corrected chi connectivity index (χ4v) is 5.33. The molecule has 1 heterocycles. The largest absolute Gasteiger partial charge is 0.391 e. The highest BCUT2D eigenvalue weighted by atomic mass is 79.9. The highest BCUT2D eigenvalue weighted by Crippen LogP contribution is 2.35. The van der Waals surface area contributed by atoms with Crippen LogP contribution in [0.2, 0.25) is 0 Å². The number of anilines is 1. The molecule has 0 bridgehead atoms. The van der Waals surface area contributed by atoms with Gasteiger partial charge in [-0.2, -0.15) is 0 Å². The lowest BCUT2D eigenvalue weighted by Crippen LogP contribution is -2.27. The zero-order valence-corrected chi connectivity index (χ0v) is 13.6. The molecule has 1 N–H and O–H groups in total. The van der Waals surface area contributed by atoms with E-state index >= 15 is 0 Å². The molecule has 8 heteroatoms. The van der Waals surface area contributed by atoms with E-state index in [9.17, 15) is 12.8 Å². The van der Waals surface area contributed by atoms with E-state index in [2.05, 4.69) is 15.9 Å². The molecule has 1 aromatic heterocycles. The Hall–Kier alpha value is -0.960. The summed E-state index contributed by atoms with van der Waals surface area (Å²) in [5.74, 6) is -0.618. The van der Waals surface area contributed by atoms with Crippen molar-refractivity contribution < 1.29 is 17.9 Å². The lowest BCUT2D eigenvalue weighted by Gasteiger charge is -2.19. The number of rotatable bonds is 4. The van der Waals surface area contributed by atoms with Gasteiger partial charge in [-0.3, -0.25) is 4.31 Å². The number of nitrogens with zero attached hydrogens (tertiary/aromatic N) is 1. The van der Waals surface area contributed by atoms with Crippen LogP contribution in [0.3, 0.4) is 0 Å². The maximum Gasteiger partial charge on any atom is 0.266 e. The smallest absolute Gasteiger partial charge is 0.266 e. The Kier molecular flexibility index (Phi) is 4.48. The number of halogens is 2. The SMILES string of the molecule is CN(c1ccccc1F)S(=O)(=O)c1cc(CO)sc1Br. The van der Waals surface area contributed by atoms with E-state index in [1.807, 2.05) is 0 Å². The summed E-state index contributed by atoms with van der Waals surface area (Å²) in [6.45, 7) is -0.248. The second-order valence-corrected chi connectivity index (χ2v) is 8.33. The van der Waals surface area contributed by atoms with Gasteiger partial charge in [-0.25, -0.2) is 12.8 Å². The van der Waals surface area contributed by atoms with Gasteiger partial charge < -0.3 is 5.11 Å². The van der Waals surface area contributed by atoms with Crippen molar-refractivity contribution in [1.82, 2.24) is 0 Å². The van der Waals surface area contributed by atoms with Crippen LogP contribution in [0.15, 0.2) is 39.0 Å². The van der Waals surface area contributed by atoms with E-state index in [1.54, 1.807) is 6.07 Å². The number of para-hydroxylation sites is 1. The Balaban J connectivity index is 2.49. The van der Waals surface area contributed by atoms with Gasteiger partial charge in [0.1, 0.15) is 10.7 Å². The Morgan fingerprint density at radius 2 is 2.05 bits per heavy atom. The van der Waals surface area contributed by atoms with Crippen LogP contribution in [-0.4, -0.2) is 20.6 Å². The fourth-order valence-electron chi connectivity index (χ4n) is 1.64. The molecule has 0 amide bonds. The molecule has 1 aromatic carbocycles. The van der Waals surface area contributed by atoms with E-state index in [0.29, 0.717) is 8.66 Å². The summed E-state index contributed by atoms with van der Waals surface area (Å²) < 4.78 is 39.9. The van der Waals surface area contributed by atoms with Crippen LogP contribution >= 0.6 is 27.3 Å². The first kappa shape index (κ1) is 15.4. The number of benzene rings is 1. The normalized spacial score (nSPS) is 11.6. The molecule has 0 unspecified atom stereocenters. The Morgan fingerprint density at radius 1 is 1.40 bits per heavy atom. The molecule has 0 spiro atoms. The van der Waals surface area contributed by atoms with Crippen molar-refractivity contribution in [2.75, 3.05) is 11.4 Å². The lowest BCUT2D eigenvalue weighted by atomic mass is 10.3. The van der Waals surface area contributed by atoms with E-state index in [0.717, 1.165) is 15.6 Å². The second-order valence-electron chi connectivity index (χ2n) is 3.93. The first-order valence-electron chi connectivity index (χ1n) is 5.50. The van der Waals surface area contributed by atoms with Crippen LogP contribution in [0, 0.1) is 5.82 Å². The molecule has 2 aromatic rings. The standard InChI is InChI=1S/C12H11BrFNO3S2/c1-15(10-5-3-2-4-9(10)14)20(17,18)11-6-8(7-16)19-12(11)13/h2-6,16H,7H2,1H3. The minimum atomic E-state index is -3.89. The van der Waals surface area contributed by atoms with Crippen LogP contribution in [0.5, 0.6) is 0 Å². The van der Waals surface area contributed by atoms with E-state index in [4.69, 9.17) is 5.11 Å². The number of aliphatic hydroxyl groups is 1. The summed E-state index contributed by atoms with van der Waals surface area (Å²) >= 11 is 4.29. The van der Waals surface area contributed by atoms with Gasteiger partial charge in [0.05, 0.1) is 16.1 Å². The minimum Gasteiger partial charge on any atom is -0.391 e. The number of sulfonamides is 1. The summed E-state index contributed by atoms with van der Waals surface area (Å²) in [6, 6.07) is 7.01. The van der Waals surface area contributed by atoms with Gasteiger partial charge in [0.15, 0.2) is 0 Å². The lowest BCUT2D eigenvalue weighted by molar-refractivity contribution is 0.285. The van der Waals surface area contributed by atoms with Crippen LogP contribution in [0.4, 0.5) is 10.1 Å². The molecular formula is C12H11BrFNO3S2. The van der Waals surface area contributed by atoms with Gasteiger partial charge in [-0.1, -0.05) is 12.1 Å². The van der Waals surface area contributed by atoms with Gasteiger partial charge >= 0.3 is 0 Å². The average molecular weight is 380 g/mol. The monoisotopic (exact) mass is 379 g/mol. The first-order valence-corrected chi connectivity index (χ1v) is 8.55. The Labute approximate surface area is 128 Å². The van der Waals surface area contributed by atoms with Crippen LogP contribution < -0.4 is 4.31 Å². The molecule has 108 valence electrons. The van der Waals surface area contributed by atoms with Gasteiger partial charge in [-0.05, 0) is 34.1 Å². The molecule has 0 fully saturated rings. The zero-order chi connectivity index (χ0) is 14.9. The molecule has 0 aliphatic heterocycles. The third-order valence-corrected chi connectivity index (χ3v) is 6.70. The number of hydrogen-bond donors (Lipinski definition) is 1. The van der Waals surface area contributed by atoms with Crippen LogP contribution in [0.25, 0.3) is 0 Å². The summed E-state index contributed by atoms with van der Waals surface area (Å²) in [4.78, 5) is 0.523. The topological polar surface area (TPSA) is 57.6 Å². The van der Waals surface area contributed by atoms with Crippen molar-refractivity contribution in [3.8, 4) is 0 Å². The zero-order valence-electron chi connectivity index (χ0n) is 10.4. The Morgan fingerprint density at radius 3 is 2.60 bits per heavy atom. The van der Waals surface area contributed by atoms with Crippen LogP contribution in [-0.2, 0) is 16.6 Å². The minimum absolute atomic E-state index is 0.0114. The molecule has 20 heavy (non-hydrogen) atoms. The highest BCUT2D eigenvalue weighted by molar-refractivity contribution is 9.11. The number of hydrogen-bond acceptors (Lipinski definition) is 4. The number of thiophene rings is 1. The molecule has 4 nitrogen and oxygen atoms in total. The van der Waals surface area contributed by atoms with Crippen LogP contribution in [0.1, 0.15) is 4.88 Å². The molecule has 0 atom stereocenters. The predicted molar refractivity (Wildman–Crippen MR) is 79.9 cm³/mol. The summed E-state index contributed by atoms with van der Waals surface area (Å²) in [5, 5.41) is 9.06. The quantitative estimate of drug-likeness (QED) is 0.888. The fraction of sp³-hybridized carbons (Fsp3) is 0.167. The van der Waals surface area contributed by atoms with Crippen molar-refractivity contribution in [2.45, 2.75) is 11.5 Å². The van der Waals surface area contributed by atoms with Crippen molar-refractivity contribution in [1.29, 1.82) is 0 Å². The second kappa shape index (κ2) is 5.80. The van der Waals surface area contributed by atoms with Crippen molar-refractivity contribution >= 4 is 43.0 Å². The summed E-state index contributed by atoms with van der Waals surface area (Å²) in [6.07, 6.45) is 0. The molecule has 0 radical (unpaired) electrons. The first-order chi connectivity index (χ1) is 9.37. The molecular weight excluding hydrogens is 369 g/mol. The van der Waals surface area contributed by atoms with Gasteiger partial charge in [0.25, 0.3) is 10.0 Å². The van der Waals surface area contributed by atoms with E-state index in [-0.39, 0.29) is 17.2 Å². The Bertz CT molecular complexity index is 730. The van der Waals surface area contributed by atoms with Crippen molar-refractivity contribution in [3.63, 3.8) is 0 Å². The van der Waals surface area contributed by atoms with Crippen molar-refractivity contribution in [3.05, 3.63) is 44.8 Å². The highest BCUT2D eigenvalue weighted by Gasteiger charge is 2.27. The average Bonchev–Trinajstić information content (AvgIpc) is 2.80. The van der Waals surface area contributed by atoms with Gasteiger partial charge in [0, 0.05) is 11.9 Å². The van der Waals surface area contributed by atoms with E-state index in [1.165, 1.54) is 31.3 Å². The number of aliphatic hydroxyl groups excluding tert-OH is 1. The molecule has 0 saturated heterocycles. The molecule has 0 saturated carbocycles. The maximum atomic E-state index is 13.7. The van der Waals surface area contributed by atoms with E-state index < -0.39 is 15.8 Å². The maximum absolute atomic E-state index is 13.7. The molecule has 0 aliphatic rings. The third kappa shape index (κ3) is 2.73. The third-order valence-electron chi connectivity index (χ3n) is 2.69. The van der Waals surface area contributed by atoms with Crippen molar-refractivity contribution in [2.24, 2.45) is 0 Å². The predicted octanol–water partition coefficient (Wildman–Crippen LogP) is 2.97. The van der Waals surface area contributed by atoms with Gasteiger partial charge in [-0.15, -0.1) is 11.3 Å². The van der Waals surface area contributed by atoms with Gasteiger partial charge in [0.2, 0.25) is 0 Å². The summed E-state index contributed by atoms with van der Waals surface area (Å²) in [7, 11) is -2.60. The summed E-state index contributed by atoms with van der Waals surface area (Å²) in [5.41, 5.74) is -0.0313.